The Kier molecular flexibility index (Phi) is 4.85. The summed E-state index contributed by atoms with van der Waals surface area (Å²) in [6, 6.07) is 13.0. The van der Waals surface area contributed by atoms with E-state index in [0.717, 1.165) is 0 Å². The number of rotatable bonds is 5. The van der Waals surface area contributed by atoms with Gasteiger partial charge in [-0.3, -0.25) is 14.9 Å². The van der Waals surface area contributed by atoms with E-state index >= 15 is 0 Å². The highest BCUT2D eigenvalue weighted by Crippen LogP contribution is 2.24. The van der Waals surface area contributed by atoms with Gasteiger partial charge in [-0.15, -0.1) is 0 Å². The number of nitrogens with zero attached hydrogens (tertiary/aromatic N) is 1. The zero-order valence-electron chi connectivity index (χ0n) is 12.0. The van der Waals surface area contributed by atoms with E-state index in [2.05, 4.69) is 5.32 Å². The highest BCUT2D eigenvalue weighted by molar-refractivity contribution is 5.95. The summed E-state index contributed by atoms with van der Waals surface area (Å²) in [7, 11) is 0. The Hall–Kier alpha value is -2.73. The molecule has 0 bridgehead atoms. The number of hydrogen-bond donors (Lipinski definition) is 2. The average Bonchev–Trinajstić information content (AvgIpc) is 2.54. The van der Waals surface area contributed by atoms with Crippen LogP contribution in [-0.2, 0) is 11.2 Å². The molecular formula is C16H16N2O4. The van der Waals surface area contributed by atoms with Crippen molar-refractivity contribution >= 4 is 17.3 Å². The maximum Gasteiger partial charge on any atom is 0.274 e. The lowest BCUT2D eigenvalue weighted by molar-refractivity contribution is -0.385. The van der Waals surface area contributed by atoms with E-state index in [-0.39, 0.29) is 11.4 Å². The first-order valence-electron chi connectivity index (χ1n) is 6.84. The van der Waals surface area contributed by atoms with Gasteiger partial charge in [-0.25, -0.2) is 0 Å². The van der Waals surface area contributed by atoms with Crippen LogP contribution in [0.4, 0.5) is 11.4 Å². The molecule has 2 aromatic rings. The van der Waals surface area contributed by atoms with Crippen molar-refractivity contribution in [1.29, 1.82) is 0 Å². The second-order valence-corrected chi connectivity index (χ2v) is 4.76. The third-order valence-electron chi connectivity index (χ3n) is 3.29. The monoisotopic (exact) mass is 300 g/mol. The van der Waals surface area contributed by atoms with Gasteiger partial charge in [0.1, 0.15) is 0 Å². The molecule has 0 aliphatic carbocycles. The van der Waals surface area contributed by atoms with Crippen molar-refractivity contribution in [2.24, 2.45) is 0 Å². The summed E-state index contributed by atoms with van der Waals surface area (Å²) in [5, 5.41) is 23.5. The summed E-state index contributed by atoms with van der Waals surface area (Å²) >= 11 is 0. The fourth-order valence-corrected chi connectivity index (χ4v) is 2.11. The van der Waals surface area contributed by atoms with Crippen LogP contribution in [0.5, 0.6) is 0 Å². The molecule has 1 atom stereocenters. The zero-order valence-corrected chi connectivity index (χ0v) is 12.0. The number of aliphatic hydroxyl groups excluding tert-OH is 1. The molecule has 0 aromatic heterocycles. The van der Waals surface area contributed by atoms with E-state index in [0.29, 0.717) is 17.5 Å². The summed E-state index contributed by atoms with van der Waals surface area (Å²) < 4.78 is 0. The lowest BCUT2D eigenvalue weighted by Crippen LogP contribution is -2.20. The second kappa shape index (κ2) is 6.82. The van der Waals surface area contributed by atoms with Gasteiger partial charge in [0.2, 0.25) is 0 Å². The predicted octanol–water partition coefficient (Wildman–Crippen LogP) is 2.83. The number of aryl methyl sites for hydroxylation is 1. The first kappa shape index (κ1) is 15.7. The molecule has 2 rings (SSSR count). The molecule has 0 aliphatic heterocycles. The number of nitrogens with one attached hydrogen (secondary N) is 1. The molecule has 2 N–H and O–H groups in total. The Labute approximate surface area is 127 Å². The first-order chi connectivity index (χ1) is 10.5. The van der Waals surface area contributed by atoms with Crippen molar-refractivity contribution in [1.82, 2.24) is 0 Å². The lowest BCUT2D eigenvalue weighted by atomic mass is 10.1. The van der Waals surface area contributed by atoms with Gasteiger partial charge in [-0.1, -0.05) is 43.3 Å². The normalized spacial score (nSPS) is 11.7. The van der Waals surface area contributed by atoms with Crippen molar-refractivity contribution in [2.45, 2.75) is 19.4 Å². The zero-order chi connectivity index (χ0) is 16.1. The van der Waals surface area contributed by atoms with Gasteiger partial charge >= 0.3 is 0 Å². The van der Waals surface area contributed by atoms with Crippen molar-refractivity contribution in [3.63, 3.8) is 0 Å². The number of aliphatic hydroxyl groups is 1. The van der Waals surface area contributed by atoms with Crippen LogP contribution in [0, 0.1) is 10.1 Å². The Bertz CT molecular complexity index is 686. The number of benzene rings is 2. The topological polar surface area (TPSA) is 92.5 Å². The molecule has 6 nitrogen and oxygen atoms in total. The van der Waals surface area contributed by atoms with Gasteiger partial charge in [0.05, 0.1) is 4.92 Å². The van der Waals surface area contributed by atoms with Gasteiger partial charge in [0.15, 0.2) is 6.10 Å². The quantitative estimate of drug-likeness (QED) is 0.656. The third-order valence-corrected chi connectivity index (χ3v) is 3.29. The summed E-state index contributed by atoms with van der Waals surface area (Å²) in [6.07, 6.45) is -0.803. The molecule has 2 aromatic carbocycles. The average molecular weight is 300 g/mol. The molecule has 0 aliphatic rings. The molecule has 0 fully saturated rings. The fourth-order valence-electron chi connectivity index (χ4n) is 2.11. The molecule has 1 unspecified atom stereocenters. The van der Waals surface area contributed by atoms with Crippen LogP contribution in [0.15, 0.2) is 48.5 Å². The molecule has 0 spiro atoms. The molecule has 6 heteroatoms. The van der Waals surface area contributed by atoms with Gasteiger partial charge in [-0.05, 0) is 18.1 Å². The van der Waals surface area contributed by atoms with Crippen LogP contribution < -0.4 is 5.32 Å². The Balaban J connectivity index is 2.18. The van der Waals surface area contributed by atoms with Crippen molar-refractivity contribution < 1.29 is 14.8 Å². The van der Waals surface area contributed by atoms with Crippen LogP contribution in [-0.4, -0.2) is 15.9 Å². The highest BCUT2D eigenvalue weighted by atomic mass is 16.6. The van der Waals surface area contributed by atoms with Crippen LogP contribution in [0.25, 0.3) is 0 Å². The number of amides is 1. The number of anilines is 1. The number of hydrogen-bond acceptors (Lipinski definition) is 4. The predicted molar refractivity (Wildman–Crippen MR) is 82.5 cm³/mol. The van der Waals surface area contributed by atoms with Crippen molar-refractivity contribution in [2.75, 3.05) is 5.32 Å². The molecule has 1 amide bonds. The smallest absolute Gasteiger partial charge is 0.274 e. The van der Waals surface area contributed by atoms with Gasteiger partial charge in [-0.2, -0.15) is 0 Å². The molecule has 114 valence electrons. The molecule has 0 saturated heterocycles. The number of carbonyl (C=O) groups excluding carboxylic acids is 1. The van der Waals surface area contributed by atoms with E-state index in [9.17, 15) is 20.0 Å². The largest absolute Gasteiger partial charge is 0.378 e. The Morgan fingerprint density at radius 2 is 1.95 bits per heavy atom. The summed E-state index contributed by atoms with van der Waals surface area (Å²) in [6.45, 7) is 1.82. The minimum absolute atomic E-state index is 0.0468. The molecule has 22 heavy (non-hydrogen) atoms. The summed E-state index contributed by atoms with van der Waals surface area (Å²) in [5.41, 5.74) is 1.28. The Morgan fingerprint density at radius 1 is 1.27 bits per heavy atom. The first-order valence-corrected chi connectivity index (χ1v) is 6.84. The minimum Gasteiger partial charge on any atom is -0.378 e. The van der Waals surface area contributed by atoms with E-state index in [1.165, 1.54) is 6.07 Å². The van der Waals surface area contributed by atoms with Gasteiger partial charge in [0.25, 0.3) is 11.6 Å². The van der Waals surface area contributed by atoms with Crippen molar-refractivity contribution in [3.05, 3.63) is 69.8 Å². The third kappa shape index (κ3) is 3.48. The molecule has 0 radical (unpaired) electrons. The molecule has 0 heterocycles. The maximum atomic E-state index is 12.0. The van der Waals surface area contributed by atoms with Gasteiger partial charge in [0, 0.05) is 17.3 Å². The standard InChI is InChI=1S/C16H16N2O4/c1-2-11-8-9-13(10-14(11)18(21)22)17-16(20)15(19)12-6-4-3-5-7-12/h3-10,15,19H,2H2,1H3,(H,17,20). The SMILES string of the molecule is CCc1ccc(NC(=O)C(O)c2ccccc2)cc1[N+](=O)[O-]. The highest BCUT2D eigenvalue weighted by Gasteiger charge is 2.19. The Morgan fingerprint density at radius 3 is 2.55 bits per heavy atom. The van der Waals surface area contributed by atoms with Crippen LogP contribution in [0.1, 0.15) is 24.2 Å². The van der Waals surface area contributed by atoms with E-state index in [1.54, 1.807) is 42.5 Å². The summed E-state index contributed by atoms with van der Waals surface area (Å²) in [5.74, 6) is -0.634. The number of nitro benzene ring substituents is 1. The molecule has 0 saturated carbocycles. The molecular weight excluding hydrogens is 284 g/mol. The fraction of sp³-hybridized carbons (Fsp3) is 0.188. The van der Waals surface area contributed by atoms with E-state index in [1.807, 2.05) is 6.92 Å². The van der Waals surface area contributed by atoms with Crippen molar-refractivity contribution in [3.8, 4) is 0 Å². The number of carbonyl (C=O) groups is 1. The summed E-state index contributed by atoms with van der Waals surface area (Å²) in [4.78, 5) is 22.6. The van der Waals surface area contributed by atoms with E-state index < -0.39 is 16.9 Å². The second-order valence-electron chi connectivity index (χ2n) is 4.76. The van der Waals surface area contributed by atoms with Crippen LogP contribution >= 0.6 is 0 Å². The van der Waals surface area contributed by atoms with Gasteiger partial charge < -0.3 is 10.4 Å². The van der Waals surface area contributed by atoms with E-state index in [4.69, 9.17) is 0 Å². The number of nitro groups is 1. The lowest BCUT2D eigenvalue weighted by Gasteiger charge is -2.12. The van der Waals surface area contributed by atoms with Crippen LogP contribution in [0.2, 0.25) is 0 Å². The van der Waals surface area contributed by atoms with Crippen LogP contribution in [0.3, 0.4) is 0 Å². The minimum atomic E-state index is -1.33. The maximum absolute atomic E-state index is 12.0.